The lowest BCUT2D eigenvalue weighted by molar-refractivity contribution is -0.234. The minimum absolute atomic E-state index is 0.00473. The van der Waals surface area contributed by atoms with Gasteiger partial charge >= 0.3 is 11.9 Å². The summed E-state index contributed by atoms with van der Waals surface area (Å²) in [5, 5.41) is 27.2. The van der Waals surface area contributed by atoms with Gasteiger partial charge in [-0.2, -0.15) is 0 Å². The third-order valence-corrected chi connectivity index (χ3v) is 13.6. The fourth-order valence-electron chi connectivity index (χ4n) is 11.1. The van der Waals surface area contributed by atoms with Crippen molar-refractivity contribution in [3.05, 3.63) is 64.7 Å². The van der Waals surface area contributed by atoms with E-state index in [0.29, 0.717) is 54.2 Å². The number of carbonyl (C=O) groups excluding carboxylic acids is 2. The van der Waals surface area contributed by atoms with Crippen molar-refractivity contribution < 1.29 is 38.2 Å². The Kier molecular flexibility index (Phi) is 9.98. The Morgan fingerprint density at radius 3 is 2.44 bits per heavy atom. The summed E-state index contributed by atoms with van der Waals surface area (Å²) in [6, 6.07) is 7.58. The summed E-state index contributed by atoms with van der Waals surface area (Å²) in [4.78, 5) is 26.9. The van der Waals surface area contributed by atoms with Gasteiger partial charge in [0.15, 0.2) is 12.4 Å². The van der Waals surface area contributed by atoms with Crippen LogP contribution in [0.5, 0.6) is 0 Å². The first-order valence-electron chi connectivity index (χ1n) is 18.4. The number of aliphatic hydroxyl groups is 2. The van der Waals surface area contributed by atoms with Crippen molar-refractivity contribution in [1.29, 1.82) is 0 Å². The molecule has 9 heteroatoms. The van der Waals surface area contributed by atoms with E-state index in [1.165, 1.54) is 19.1 Å². The van der Waals surface area contributed by atoms with Crippen molar-refractivity contribution in [3.8, 4) is 11.3 Å². The predicted octanol–water partition coefficient (Wildman–Crippen LogP) is 8.12. The van der Waals surface area contributed by atoms with Gasteiger partial charge in [0.2, 0.25) is 0 Å². The molecule has 4 saturated carbocycles. The Bertz CT molecular complexity index is 1660. The molecule has 0 aliphatic heterocycles. The fraction of sp³-hybridized carbons (Fsp3) is 0.634. The largest absolute Gasteiger partial charge is 0.458 e. The van der Waals surface area contributed by atoms with E-state index in [1.807, 2.05) is 13.8 Å². The highest BCUT2D eigenvalue weighted by molar-refractivity contribution is 5.90. The maximum absolute atomic E-state index is 14.2. The Morgan fingerprint density at radius 1 is 1.04 bits per heavy atom. The van der Waals surface area contributed by atoms with E-state index in [9.17, 15) is 24.2 Å². The molecule has 1 aromatic heterocycles. The maximum Gasteiger partial charge on any atom is 0.334 e. The summed E-state index contributed by atoms with van der Waals surface area (Å²) in [6.45, 7) is 14.4. The third-order valence-electron chi connectivity index (χ3n) is 13.6. The second kappa shape index (κ2) is 13.7. The zero-order valence-electron chi connectivity index (χ0n) is 30.6. The number of aromatic nitrogens is 1. The number of ether oxygens (including phenoxy) is 2. The molecule has 2 aromatic rings. The monoisotopic (exact) mass is 691 g/mol. The summed E-state index contributed by atoms with van der Waals surface area (Å²) in [5.41, 5.74) is 2.77. The molecule has 6 rings (SSSR count). The molecule has 272 valence electrons. The number of rotatable bonds is 8. The van der Waals surface area contributed by atoms with Gasteiger partial charge in [-0.05, 0) is 135 Å². The number of fused-ring (bicyclic) bond motifs is 5. The van der Waals surface area contributed by atoms with Crippen LogP contribution in [0.15, 0.2) is 57.7 Å². The number of hydrogen-bond donors (Lipinski definition) is 2. The lowest BCUT2D eigenvalue weighted by Gasteiger charge is -2.69. The van der Waals surface area contributed by atoms with Gasteiger partial charge < -0.3 is 24.2 Å². The zero-order valence-corrected chi connectivity index (χ0v) is 30.6. The number of halogens is 1. The van der Waals surface area contributed by atoms with Crippen LogP contribution in [0.2, 0.25) is 0 Å². The standard InChI is InChI=1S/C41H54FNO7/c1-23(2)9-8-10-29(38(47)48-22-28-19-32(43-50-28)26-11-13-27(42)14-12-26)36-31-20-34(46)37-39(5)17-16-33(45)24(3)30(39)15-18-40(37,6)41(31,7)21-35(36)49-25(4)44/h9,11-14,19,24,30-31,33-35,37,45-46H,8,10,15-18,20-22H2,1-7H3/b36-29-/t24-,30-,31-,33+,34+,35-,37-,39-,40-,41-/m0/s1. The smallest absolute Gasteiger partial charge is 0.334 e. The molecule has 0 spiro atoms. The molecule has 0 saturated heterocycles. The molecule has 4 aliphatic carbocycles. The molecule has 10 atom stereocenters. The molecule has 1 heterocycles. The number of carbonyl (C=O) groups is 2. The topological polar surface area (TPSA) is 119 Å². The Morgan fingerprint density at radius 2 is 1.76 bits per heavy atom. The van der Waals surface area contributed by atoms with Gasteiger partial charge in [-0.15, -0.1) is 0 Å². The molecule has 4 aliphatic rings. The van der Waals surface area contributed by atoms with E-state index >= 15 is 0 Å². The Balaban J connectivity index is 1.36. The number of hydrogen-bond acceptors (Lipinski definition) is 8. The van der Waals surface area contributed by atoms with Gasteiger partial charge in [0.1, 0.15) is 17.6 Å². The summed E-state index contributed by atoms with van der Waals surface area (Å²) in [5.74, 6) is -0.629. The normalized spacial score (nSPS) is 37.2. The number of aliphatic hydroxyl groups excluding tert-OH is 2. The lowest BCUT2D eigenvalue weighted by atomic mass is 9.36. The average Bonchev–Trinajstić information content (AvgIpc) is 3.63. The van der Waals surface area contributed by atoms with Crippen LogP contribution in [-0.2, 0) is 25.7 Å². The van der Waals surface area contributed by atoms with Crippen molar-refractivity contribution in [1.82, 2.24) is 5.16 Å². The highest BCUT2D eigenvalue weighted by atomic mass is 19.1. The molecular weight excluding hydrogens is 637 g/mol. The molecule has 0 radical (unpaired) electrons. The first-order chi connectivity index (χ1) is 23.6. The molecular formula is C41H54FNO7. The highest BCUT2D eigenvalue weighted by Gasteiger charge is 2.70. The van der Waals surface area contributed by atoms with Crippen LogP contribution < -0.4 is 0 Å². The van der Waals surface area contributed by atoms with E-state index < -0.39 is 24.1 Å². The minimum Gasteiger partial charge on any atom is -0.458 e. The van der Waals surface area contributed by atoms with Crippen LogP contribution in [0.1, 0.15) is 106 Å². The van der Waals surface area contributed by atoms with E-state index in [2.05, 4.69) is 38.9 Å². The number of allylic oxidation sites excluding steroid dienone is 2. The number of esters is 2. The van der Waals surface area contributed by atoms with Crippen molar-refractivity contribution in [2.75, 3.05) is 0 Å². The van der Waals surface area contributed by atoms with E-state index in [1.54, 1.807) is 18.2 Å². The molecule has 4 fully saturated rings. The number of nitrogens with zero attached hydrogens (tertiary/aromatic N) is 1. The Hall–Kier alpha value is -3.30. The molecule has 2 N–H and O–H groups in total. The predicted molar refractivity (Wildman–Crippen MR) is 187 cm³/mol. The first-order valence-corrected chi connectivity index (χ1v) is 18.4. The van der Waals surface area contributed by atoms with E-state index in [-0.39, 0.29) is 52.5 Å². The van der Waals surface area contributed by atoms with Crippen LogP contribution in [0, 0.1) is 45.7 Å². The summed E-state index contributed by atoms with van der Waals surface area (Å²) in [7, 11) is 0. The van der Waals surface area contributed by atoms with Gasteiger partial charge in [-0.25, -0.2) is 9.18 Å². The Labute approximate surface area is 295 Å². The SMILES string of the molecule is CC(=O)O[C@H]1C[C@@]2(C)[C@@H](C[C@@H](O)[C@H]3[C@@]4(C)CC[C@@H](O)[C@@H](C)[C@@H]4CC[C@@]32C)/C1=C(\CCC=C(C)C)C(=O)OCc1cc(-c2ccc(F)cc2)no1. The van der Waals surface area contributed by atoms with Crippen molar-refractivity contribution in [3.63, 3.8) is 0 Å². The second-order valence-electron chi connectivity index (χ2n) is 16.6. The average molecular weight is 692 g/mol. The van der Waals surface area contributed by atoms with Crippen molar-refractivity contribution >= 4 is 11.9 Å². The van der Waals surface area contributed by atoms with Gasteiger partial charge in [-0.3, -0.25) is 4.79 Å². The third kappa shape index (κ3) is 6.27. The second-order valence-corrected chi connectivity index (χ2v) is 16.6. The van der Waals surface area contributed by atoms with E-state index in [0.717, 1.165) is 36.8 Å². The van der Waals surface area contributed by atoms with Crippen LogP contribution in [0.4, 0.5) is 4.39 Å². The van der Waals surface area contributed by atoms with Gasteiger partial charge in [-0.1, -0.05) is 44.5 Å². The lowest BCUT2D eigenvalue weighted by Crippen LogP contribution is -2.65. The fourth-order valence-corrected chi connectivity index (χ4v) is 11.1. The zero-order chi connectivity index (χ0) is 36.2. The molecule has 0 bridgehead atoms. The molecule has 0 amide bonds. The van der Waals surface area contributed by atoms with Crippen LogP contribution in [0.3, 0.4) is 0 Å². The van der Waals surface area contributed by atoms with Crippen molar-refractivity contribution in [2.45, 2.75) is 125 Å². The maximum atomic E-state index is 14.2. The summed E-state index contributed by atoms with van der Waals surface area (Å²) < 4.78 is 31.0. The van der Waals surface area contributed by atoms with Crippen molar-refractivity contribution in [2.24, 2.45) is 39.9 Å². The first kappa shape index (κ1) is 36.5. The molecule has 50 heavy (non-hydrogen) atoms. The quantitative estimate of drug-likeness (QED) is 0.162. The molecule has 8 nitrogen and oxygen atoms in total. The molecule has 0 unspecified atom stereocenters. The van der Waals surface area contributed by atoms with Gasteiger partial charge in [0, 0.05) is 24.1 Å². The highest BCUT2D eigenvalue weighted by Crippen LogP contribution is 2.74. The van der Waals surface area contributed by atoms with Crippen LogP contribution >= 0.6 is 0 Å². The van der Waals surface area contributed by atoms with Crippen LogP contribution in [0.25, 0.3) is 11.3 Å². The van der Waals surface area contributed by atoms with Gasteiger partial charge in [0.25, 0.3) is 0 Å². The summed E-state index contributed by atoms with van der Waals surface area (Å²) >= 11 is 0. The number of benzene rings is 1. The molecule has 1 aromatic carbocycles. The van der Waals surface area contributed by atoms with Crippen LogP contribution in [-0.4, -0.2) is 45.6 Å². The van der Waals surface area contributed by atoms with Gasteiger partial charge in [0.05, 0.1) is 12.2 Å². The van der Waals surface area contributed by atoms with E-state index in [4.69, 9.17) is 14.0 Å². The minimum atomic E-state index is -0.618. The summed E-state index contributed by atoms with van der Waals surface area (Å²) in [6.07, 6.45) is 5.99.